The fourth-order valence-electron chi connectivity index (χ4n) is 3.03. The third kappa shape index (κ3) is 20.0. The first-order valence-electron chi connectivity index (χ1n) is 13.8. The molecule has 6 radical (unpaired) electrons. The lowest BCUT2D eigenvalue weighted by Crippen LogP contribution is -2.47. The number of likely N-dealkylation sites (tertiary alicyclic amines) is 1. The number of carboxylic acids is 1. The van der Waals surface area contributed by atoms with Crippen molar-refractivity contribution >= 4 is 101 Å². The summed E-state index contributed by atoms with van der Waals surface area (Å²) in [6.45, 7) is 1.41. The number of halogens is 3. The van der Waals surface area contributed by atoms with Gasteiger partial charge in [0.05, 0.1) is 5.56 Å². The molecule has 0 unspecified atom stereocenters. The molecule has 0 aromatic heterocycles. The quantitative estimate of drug-likeness (QED) is 0.138. The van der Waals surface area contributed by atoms with E-state index in [1.54, 1.807) is 60.7 Å². The van der Waals surface area contributed by atoms with Crippen molar-refractivity contribution < 1.29 is 33.3 Å². The fourth-order valence-corrected chi connectivity index (χ4v) is 3.15. The van der Waals surface area contributed by atoms with E-state index < -0.39 is 26.8 Å². The summed E-state index contributed by atoms with van der Waals surface area (Å²) in [6, 6.07) is 19.4. The molecule has 3 amide bonds. The lowest BCUT2D eigenvalue weighted by molar-refractivity contribution is -0.136. The second-order valence-corrected chi connectivity index (χ2v) is 12.1. The molecule has 2 N–H and O–H groups in total. The zero-order valence-electron chi connectivity index (χ0n) is 26.2. The first-order valence-corrected chi connectivity index (χ1v) is 17.0. The molecule has 2 aliphatic rings. The van der Waals surface area contributed by atoms with Gasteiger partial charge in [0.25, 0.3) is 11.1 Å². The summed E-state index contributed by atoms with van der Waals surface area (Å²) in [7, 11) is 21.4. The van der Waals surface area contributed by atoms with Gasteiger partial charge in [-0.3, -0.25) is 24.1 Å². The molecular formula is C33H25B4Cl3N2O7S. The van der Waals surface area contributed by atoms with Crippen LogP contribution in [0.5, 0.6) is 0 Å². The summed E-state index contributed by atoms with van der Waals surface area (Å²) in [6.07, 6.45) is 15.9. The molecule has 2 aliphatic heterocycles. The number of benzene rings is 3. The van der Waals surface area contributed by atoms with Gasteiger partial charge < -0.3 is 10.4 Å². The van der Waals surface area contributed by atoms with Crippen LogP contribution in [0, 0.1) is 37.0 Å². The van der Waals surface area contributed by atoms with E-state index in [4.69, 9.17) is 40.2 Å². The van der Waals surface area contributed by atoms with Gasteiger partial charge in [0.15, 0.2) is 0 Å². The van der Waals surface area contributed by atoms with E-state index >= 15 is 0 Å². The number of carbonyl (C=O) groups excluding carboxylic acids is 4. The van der Waals surface area contributed by atoms with E-state index in [1.807, 2.05) is 0 Å². The van der Waals surface area contributed by atoms with Crippen LogP contribution >= 0.6 is 33.0 Å². The molecule has 9 nitrogen and oxygen atoms in total. The number of hydrogen-bond acceptors (Lipinski definition) is 6. The molecule has 50 heavy (non-hydrogen) atoms. The van der Waals surface area contributed by atoms with Crippen molar-refractivity contribution in [2.24, 2.45) is 0 Å². The minimum atomic E-state index is -1.67. The van der Waals surface area contributed by atoms with Crippen molar-refractivity contribution in [3.8, 4) is 37.0 Å². The molecule has 5 rings (SSSR count). The molecule has 3 aromatic rings. The highest BCUT2D eigenvalue weighted by Crippen LogP contribution is 2.14. The molecule has 0 bridgehead atoms. The van der Waals surface area contributed by atoms with Gasteiger partial charge in [-0.25, -0.2) is 9.00 Å². The largest absolute Gasteiger partial charge is 0.478 e. The maximum atomic E-state index is 11.7. The number of rotatable bonds is 3. The normalized spacial score (nSPS) is 11.3. The number of aromatic carboxylic acids is 1. The fraction of sp³-hybridized carbons (Fsp3) is 0.121. The van der Waals surface area contributed by atoms with Crippen LogP contribution in [0.15, 0.2) is 72.8 Å². The topological polar surface area (TPSA) is 138 Å². The summed E-state index contributed by atoms with van der Waals surface area (Å²) >= 11 is 5.21. The van der Waals surface area contributed by atoms with Gasteiger partial charge in [0.1, 0.15) is 0 Å². The van der Waals surface area contributed by atoms with Crippen molar-refractivity contribution in [2.45, 2.75) is 12.8 Å². The molecule has 0 saturated carbocycles. The predicted octanol–water partition coefficient (Wildman–Crippen LogP) is 3.48. The summed E-state index contributed by atoms with van der Waals surface area (Å²) < 4.78 is 9.09. The molecule has 0 aliphatic carbocycles. The number of carboxylic acid groups (broad SMARTS) is 1. The average molecular weight is 743 g/mol. The number of amides is 3. The van der Waals surface area contributed by atoms with Crippen LogP contribution in [0.4, 0.5) is 0 Å². The Bertz CT molecular complexity index is 1680. The predicted molar refractivity (Wildman–Crippen MR) is 201 cm³/mol. The van der Waals surface area contributed by atoms with Crippen LogP contribution in [0.3, 0.4) is 0 Å². The van der Waals surface area contributed by atoms with Crippen molar-refractivity contribution in [3.05, 3.63) is 106 Å². The van der Waals surface area contributed by atoms with Crippen LogP contribution in [0.1, 0.15) is 60.6 Å². The summed E-state index contributed by atoms with van der Waals surface area (Å²) in [5.41, 5.74) is 3.37. The molecule has 2 heterocycles. The second-order valence-electron chi connectivity index (χ2n) is 9.21. The standard InChI is InChI=1S/C12H9NO2.C9H5ClO.C9H6O2.C3H5NO.B4.Cl2OS/c1-2-9-3-5-10(6-4-9)12(15)13-8-7-11(13)14;2*1-2-7-3-5-8(6-4-7)9(10)11;5-3-1-2-4-3;2*1-4(2)3/h1,3-6H,7-8H2;1,3-6H;1,3-6H,(H,10,11);1-2H2,(H,4,5);;. The third-order valence-corrected chi connectivity index (χ3v) is 5.86. The van der Waals surface area contributed by atoms with Gasteiger partial charge >= 0.3 is 5.97 Å². The molecule has 0 atom stereocenters. The molecule has 3 aromatic carbocycles. The number of nitrogens with zero attached hydrogens (tertiary/aromatic N) is 1. The van der Waals surface area contributed by atoms with Gasteiger partial charge in [-0.15, -0.1) is 19.3 Å². The Labute approximate surface area is 311 Å². The van der Waals surface area contributed by atoms with E-state index in [2.05, 4.69) is 67.7 Å². The molecule has 17 heteroatoms. The molecule has 0 spiro atoms. The summed E-state index contributed by atoms with van der Waals surface area (Å²) in [5.74, 6) is 6.20. The Morgan fingerprint density at radius 1 is 0.760 bits per heavy atom. The van der Waals surface area contributed by atoms with E-state index in [9.17, 15) is 24.0 Å². The highest BCUT2D eigenvalue weighted by molar-refractivity contribution is 8.26. The van der Waals surface area contributed by atoms with Crippen LogP contribution in [-0.4, -0.2) is 85.8 Å². The van der Waals surface area contributed by atoms with Crippen LogP contribution in [-0.2, 0) is 18.8 Å². The highest BCUT2D eigenvalue weighted by Gasteiger charge is 2.30. The van der Waals surface area contributed by atoms with Gasteiger partial charge in [-0.2, -0.15) is 0 Å². The average Bonchev–Trinajstić information content (AvgIpc) is 3.07. The second kappa shape index (κ2) is 25.4. The van der Waals surface area contributed by atoms with E-state index in [1.165, 1.54) is 17.0 Å². The summed E-state index contributed by atoms with van der Waals surface area (Å²) in [5, 5.41) is 10.6. The number of carbonyl (C=O) groups is 5. The molecule has 2 saturated heterocycles. The van der Waals surface area contributed by atoms with E-state index in [0.717, 1.165) is 24.1 Å². The first kappa shape index (κ1) is 45.4. The van der Waals surface area contributed by atoms with E-state index in [0.29, 0.717) is 29.7 Å². The minimum Gasteiger partial charge on any atom is -0.478 e. The lowest BCUT2D eigenvalue weighted by Gasteiger charge is -2.28. The Hall–Kier alpha value is -4.63. The first-order chi connectivity index (χ1) is 23.6. The Morgan fingerprint density at radius 2 is 1.08 bits per heavy atom. The maximum Gasteiger partial charge on any atom is 0.335 e. The number of nitrogens with one attached hydrogen (secondary N) is 1. The Kier molecular flexibility index (Phi) is 23.0. The van der Waals surface area contributed by atoms with Crippen LogP contribution < -0.4 is 5.32 Å². The van der Waals surface area contributed by atoms with Crippen LogP contribution in [0.25, 0.3) is 0 Å². The SMILES string of the molecule is C#Cc1ccc(C(=O)Cl)cc1.C#Cc1ccc(C(=O)N2CCC2=O)cc1.C#Cc1ccc(C(=O)O)cc1.O=C1CCN1.O=S(Cl)Cl.[B]B([B])[B]. The zero-order valence-corrected chi connectivity index (χ0v) is 29.3. The number of imide groups is 1. The van der Waals surface area contributed by atoms with Crippen molar-refractivity contribution in [1.29, 1.82) is 0 Å². The third-order valence-electron chi connectivity index (χ3n) is 5.65. The van der Waals surface area contributed by atoms with Crippen molar-refractivity contribution in [3.63, 3.8) is 0 Å². The minimum absolute atomic E-state index is 0.110. The van der Waals surface area contributed by atoms with Gasteiger partial charge in [0.2, 0.25) is 21.0 Å². The number of hydrogen-bond donors (Lipinski definition) is 2. The van der Waals surface area contributed by atoms with Crippen molar-refractivity contribution in [1.82, 2.24) is 10.2 Å². The monoisotopic (exact) mass is 742 g/mol. The summed E-state index contributed by atoms with van der Waals surface area (Å²) in [4.78, 5) is 54.7. The van der Waals surface area contributed by atoms with E-state index in [-0.39, 0.29) is 23.3 Å². The molecular weight excluding hydrogens is 718 g/mol. The van der Waals surface area contributed by atoms with Crippen molar-refractivity contribution in [2.75, 3.05) is 13.1 Å². The Morgan fingerprint density at radius 3 is 1.28 bits per heavy atom. The molecule has 2 fully saturated rings. The smallest absolute Gasteiger partial charge is 0.335 e. The maximum absolute atomic E-state index is 11.7. The Balaban J connectivity index is 0.000000619. The lowest BCUT2D eigenvalue weighted by atomic mass is 9.08. The number of β-lactam (4-membered cyclic amide) rings is 2. The van der Waals surface area contributed by atoms with Gasteiger partial charge in [-0.1, -0.05) is 17.8 Å². The number of terminal acetylenes is 3. The van der Waals surface area contributed by atoms with Gasteiger partial charge in [0, 0.05) is 105 Å². The zero-order chi connectivity index (χ0) is 38.2. The highest BCUT2D eigenvalue weighted by atomic mass is 36.0. The van der Waals surface area contributed by atoms with Crippen LogP contribution in [0.2, 0.25) is 0 Å². The van der Waals surface area contributed by atoms with Gasteiger partial charge in [-0.05, 0) is 84.4 Å². The molecule has 248 valence electrons.